The molecule has 0 unspecified atom stereocenters. The number of hydrogen-bond donors (Lipinski definition) is 1. The van der Waals surface area contributed by atoms with Crippen LogP contribution in [0.2, 0.25) is 0 Å². The molecule has 0 bridgehead atoms. The second-order valence-electron chi connectivity index (χ2n) is 7.14. The van der Waals surface area contributed by atoms with E-state index in [9.17, 15) is 0 Å². The van der Waals surface area contributed by atoms with E-state index in [1.807, 2.05) is 0 Å². The van der Waals surface area contributed by atoms with Crippen molar-refractivity contribution in [1.29, 1.82) is 0 Å². The highest BCUT2D eigenvalue weighted by molar-refractivity contribution is 5.56. The van der Waals surface area contributed by atoms with Crippen molar-refractivity contribution in [3.8, 4) is 0 Å². The average molecular weight is 289 g/mol. The van der Waals surface area contributed by atoms with Gasteiger partial charge < -0.3 is 10.6 Å². The molecule has 1 aliphatic heterocycles. The van der Waals surface area contributed by atoms with Crippen LogP contribution < -0.4 is 10.6 Å². The molecular weight excluding hydrogens is 258 g/mol. The van der Waals surface area contributed by atoms with Gasteiger partial charge in [-0.15, -0.1) is 0 Å². The topological polar surface area (TPSA) is 32.5 Å². The van der Waals surface area contributed by atoms with Crippen LogP contribution in [-0.4, -0.2) is 43.2 Å². The van der Waals surface area contributed by atoms with Crippen LogP contribution >= 0.6 is 0 Å². The third-order valence-electron chi connectivity index (χ3n) is 4.58. The summed E-state index contributed by atoms with van der Waals surface area (Å²) >= 11 is 0. The summed E-state index contributed by atoms with van der Waals surface area (Å²) in [6, 6.07) is 6.63. The molecule has 3 heteroatoms. The third kappa shape index (κ3) is 4.72. The van der Waals surface area contributed by atoms with Crippen molar-refractivity contribution in [2.24, 2.45) is 5.73 Å². The van der Waals surface area contributed by atoms with Crippen molar-refractivity contribution in [2.75, 3.05) is 37.6 Å². The van der Waals surface area contributed by atoms with E-state index in [4.69, 9.17) is 5.73 Å². The van der Waals surface area contributed by atoms with E-state index < -0.39 is 0 Å². The van der Waals surface area contributed by atoms with Crippen LogP contribution in [0.5, 0.6) is 0 Å². The van der Waals surface area contributed by atoms with E-state index in [1.54, 1.807) is 0 Å². The van der Waals surface area contributed by atoms with Gasteiger partial charge in [0.15, 0.2) is 0 Å². The van der Waals surface area contributed by atoms with Gasteiger partial charge in [-0.1, -0.05) is 12.1 Å². The van der Waals surface area contributed by atoms with Crippen LogP contribution in [0.1, 0.15) is 37.8 Å². The van der Waals surface area contributed by atoms with Crippen LogP contribution in [0.3, 0.4) is 0 Å². The van der Waals surface area contributed by atoms with Gasteiger partial charge in [-0.2, -0.15) is 0 Å². The maximum Gasteiger partial charge on any atom is 0.0399 e. The standard InChI is InChI=1S/C18H31N3/c1-15-7-5-8-17(16(15)2)21-13-11-20(12-14-21)10-6-9-18(3,4)19/h5,7-8H,6,9-14,19H2,1-4H3. The van der Waals surface area contributed by atoms with Gasteiger partial charge in [-0.3, -0.25) is 4.90 Å². The highest BCUT2D eigenvalue weighted by Crippen LogP contribution is 2.24. The number of rotatable bonds is 5. The van der Waals surface area contributed by atoms with E-state index in [1.165, 1.54) is 42.9 Å². The van der Waals surface area contributed by atoms with Crippen molar-refractivity contribution < 1.29 is 0 Å². The highest BCUT2D eigenvalue weighted by Gasteiger charge is 2.19. The minimum absolute atomic E-state index is 0.0273. The number of piperazine rings is 1. The average Bonchev–Trinajstić information content (AvgIpc) is 2.41. The summed E-state index contributed by atoms with van der Waals surface area (Å²) in [6.45, 7) is 14.4. The molecule has 0 atom stereocenters. The Balaban J connectivity index is 1.82. The predicted molar refractivity (Wildman–Crippen MR) is 92.1 cm³/mol. The van der Waals surface area contributed by atoms with E-state index >= 15 is 0 Å². The number of anilines is 1. The maximum atomic E-state index is 6.05. The van der Waals surface area contributed by atoms with Gasteiger partial charge in [0.2, 0.25) is 0 Å². The molecule has 0 aliphatic carbocycles. The summed E-state index contributed by atoms with van der Waals surface area (Å²) in [5, 5.41) is 0. The van der Waals surface area contributed by atoms with Crippen molar-refractivity contribution in [1.82, 2.24) is 4.90 Å². The van der Waals surface area contributed by atoms with Crippen molar-refractivity contribution in [3.63, 3.8) is 0 Å². The molecule has 1 heterocycles. The van der Waals surface area contributed by atoms with Crippen LogP contribution in [0, 0.1) is 13.8 Å². The van der Waals surface area contributed by atoms with Gasteiger partial charge in [0.25, 0.3) is 0 Å². The predicted octanol–water partition coefficient (Wildman–Crippen LogP) is 2.94. The molecular formula is C18H31N3. The fraction of sp³-hybridized carbons (Fsp3) is 0.667. The molecule has 0 aromatic heterocycles. The molecule has 3 nitrogen and oxygen atoms in total. The molecule has 1 aromatic carbocycles. The van der Waals surface area contributed by atoms with E-state index in [0.717, 1.165) is 19.5 Å². The lowest BCUT2D eigenvalue weighted by Gasteiger charge is -2.37. The monoisotopic (exact) mass is 289 g/mol. The van der Waals surface area contributed by atoms with Crippen molar-refractivity contribution in [3.05, 3.63) is 29.3 Å². The summed E-state index contributed by atoms with van der Waals surface area (Å²) in [5.41, 5.74) is 10.3. The summed E-state index contributed by atoms with van der Waals surface area (Å²) in [6.07, 6.45) is 2.30. The summed E-state index contributed by atoms with van der Waals surface area (Å²) in [7, 11) is 0. The number of hydrogen-bond acceptors (Lipinski definition) is 3. The lowest BCUT2D eigenvalue weighted by molar-refractivity contribution is 0.245. The molecule has 1 aliphatic rings. The molecule has 1 saturated heterocycles. The maximum absolute atomic E-state index is 6.05. The van der Waals surface area contributed by atoms with E-state index in [-0.39, 0.29) is 5.54 Å². The van der Waals surface area contributed by atoms with Crippen LogP contribution in [-0.2, 0) is 0 Å². The second kappa shape index (κ2) is 6.80. The molecule has 0 amide bonds. The van der Waals surface area contributed by atoms with Crippen molar-refractivity contribution >= 4 is 5.69 Å². The Labute approximate surface area is 130 Å². The first-order valence-corrected chi connectivity index (χ1v) is 8.19. The number of nitrogens with zero attached hydrogens (tertiary/aromatic N) is 2. The Morgan fingerprint density at radius 1 is 1.10 bits per heavy atom. The zero-order valence-corrected chi connectivity index (χ0v) is 14.2. The Hall–Kier alpha value is -1.06. The quantitative estimate of drug-likeness (QED) is 0.904. The SMILES string of the molecule is Cc1cccc(N2CCN(CCCC(C)(C)N)CC2)c1C. The number of aryl methyl sites for hydroxylation is 1. The minimum Gasteiger partial charge on any atom is -0.369 e. The fourth-order valence-corrected chi connectivity index (χ4v) is 3.05. The summed E-state index contributed by atoms with van der Waals surface area (Å²) in [4.78, 5) is 5.11. The number of benzene rings is 1. The van der Waals surface area contributed by atoms with E-state index in [0.29, 0.717) is 0 Å². The van der Waals surface area contributed by atoms with E-state index in [2.05, 4.69) is 55.7 Å². The zero-order valence-electron chi connectivity index (χ0n) is 14.2. The molecule has 21 heavy (non-hydrogen) atoms. The Kier molecular flexibility index (Phi) is 5.28. The van der Waals surface area contributed by atoms with Gasteiger partial charge in [0, 0.05) is 37.4 Å². The number of nitrogens with two attached hydrogens (primary N) is 1. The Morgan fingerprint density at radius 2 is 1.76 bits per heavy atom. The third-order valence-corrected chi connectivity index (χ3v) is 4.58. The van der Waals surface area contributed by atoms with Crippen LogP contribution in [0.25, 0.3) is 0 Å². The first-order chi connectivity index (χ1) is 9.87. The molecule has 2 rings (SSSR count). The van der Waals surface area contributed by atoms with Crippen LogP contribution in [0.4, 0.5) is 5.69 Å². The molecule has 1 fully saturated rings. The first kappa shape index (κ1) is 16.3. The lowest BCUT2D eigenvalue weighted by Crippen LogP contribution is -2.47. The zero-order chi connectivity index (χ0) is 15.5. The second-order valence-corrected chi connectivity index (χ2v) is 7.14. The lowest BCUT2D eigenvalue weighted by atomic mass is 10.00. The summed E-state index contributed by atoms with van der Waals surface area (Å²) in [5.74, 6) is 0. The van der Waals surface area contributed by atoms with Gasteiger partial charge in [0.05, 0.1) is 0 Å². The smallest absolute Gasteiger partial charge is 0.0399 e. The van der Waals surface area contributed by atoms with Crippen LogP contribution in [0.15, 0.2) is 18.2 Å². The molecule has 0 radical (unpaired) electrons. The van der Waals surface area contributed by atoms with Gasteiger partial charge in [0.1, 0.15) is 0 Å². The first-order valence-electron chi connectivity index (χ1n) is 8.19. The normalized spacial score (nSPS) is 17.3. The largest absolute Gasteiger partial charge is 0.369 e. The van der Waals surface area contributed by atoms with Crippen molar-refractivity contribution in [2.45, 2.75) is 46.1 Å². The molecule has 0 saturated carbocycles. The Morgan fingerprint density at radius 3 is 2.38 bits per heavy atom. The molecule has 118 valence electrons. The highest BCUT2D eigenvalue weighted by atomic mass is 15.3. The Bertz CT molecular complexity index is 454. The molecule has 1 aromatic rings. The fourth-order valence-electron chi connectivity index (χ4n) is 3.05. The van der Waals surface area contributed by atoms with Gasteiger partial charge in [-0.05, 0) is 64.3 Å². The van der Waals surface area contributed by atoms with Gasteiger partial charge >= 0.3 is 0 Å². The summed E-state index contributed by atoms with van der Waals surface area (Å²) < 4.78 is 0. The minimum atomic E-state index is -0.0273. The molecule has 2 N–H and O–H groups in total. The van der Waals surface area contributed by atoms with Gasteiger partial charge in [-0.25, -0.2) is 0 Å². The molecule has 0 spiro atoms.